The van der Waals surface area contributed by atoms with Crippen LogP contribution in [0.3, 0.4) is 0 Å². The Labute approximate surface area is 188 Å². The summed E-state index contributed by atoms with van der Waals surface area (Å²) in [6.07, 6.45) is 1.29. The summed E-state index contributed by atoms with van der Waals surface area (Å²) in [6.45, 7) is -0.257. The van der Waals surface area contributed by atoms with Crippen LogP contribution in [0.15, 0.2) is 70.2 Å². The Morgan fingerprint density at radius 2 is 1.70 bits per heavy atom. The Morgan fingerprint density at radius 3 is 2.42 bits per heavy atom. The summed E-state index contributed by atoms with van der Waals surface area (Å²) in [7, 11) is -4.06. The number of furan rings is 1. The van der Waals surface area contributed by atoms with Crippen LogP contribution >= 0.6 is 0 Å². The molecular formula is C22H19FN2O7S. The second kappa shape index (κ2) is 9.33. The number of amides is 2. The molecule has 2 heterocycles. The van der Waals surface area contributed by atoms with Crippen molar-refractivity contribution in [3.05, 3.63) is 78.0 Å². The summed E-state index contributed by atoms with van der Waals surface area (Å²) < 4.78 is 55.1. The summed E-state index contributed by atoms with van der Waals surface area (Å²) in [6, 6.07) is 12.3. The quantitative estimate of drug-likeness (QED) is 0.397. The van der Waals surface area contributed by atoms with E-state index in [2.05, 4.69) is 10.6 Å². The highest BCUT2D eigenvalue weighted by atomic mass is 32.2. The smallest absolute Gasteiger partial charge is 0.309 e. The van der Waals surface area contributed by atoms with Crippen molar-refractivity contribution < 1.29 is 36.3 Å². The van der Waals surface area contributed by atoms with Crippen molar-refractivity contribution in [2.75, 3.05) is 13.3 Å². The van der Waals surface area contributed by atoms with Gasteiger partial charge in [-0.25, -0.2) is 12.8 Å². The van der Waals surface area contributed by atoms with E-state index in [0.29, 0.717) is 17.1 Å². The highest BCUT2D eigenvalue weighted by Crippen LogP contribution is 2.32. The molecule has 4 rings (SSSR count). The fraction of sp³-hybridized carbons (Fsp3) is 0.182. The van der Waals surface area contributed by atoms with Gasteiger partial charge in [-0.15, -0.1) is 0 Å². The van der Waals surface area contributed by atoms with Crippen molar-refractivity contribution in [1.82, 2.24) is 10.6 Å². The van der Waals surface area contributed by atoms with Crippen molar-refractivity contribution in [2.24, 2.45) is 0 Å². The Kier molecular flexibility index (Phi) is 6.31. The van der Waals surface area contributed by atoms with Gasteiger partial charge in [-0.1, -0.05) is 6.07 Å². The molecule has 0 aliphatic carbocycles. The maximum atomic E-state index is 13.2. The van der Waals surface area contributed by atoms with E-state index in [4.69, 9.17) is 13.9 Å². The molecule has 0 fully saturated rings. The summed E-state index contributed by atoms with van der Waals surface area (Å²) >= 11 is 0. The lowest BCUT2D eigenvalue weighted by atomic mass is 10.2. The molecule has 0 bridgehead atoms. The van der Waals surface area contributed by atoms with E-state index in [1.165, 1.54) is 18.4 Å². The fourth-order valence-corrected chi connectivity index (χ4v) is 4.79. The Hall–Kier alpha value is -3.86. The van der Waals surface area contributed by atoms with Crippen molar-refractivity contribution in [2.45, 2.75) is 16.7 Å². The number of rotatable bonds is 7. The SMILES string of the molecule is O=C(NCc1ccc2c(c1)OCO2)C(=O)NC[C@@H](c1ccco1)S(=O)(=O)c1ccc(F)cc1. The fourth-order valence-electron chi connectivity index (χ4n) is 3.21. The zero-order valence-corrected chi connectivity index (χ0v) is 17.9. The summed E-state index contributed by atoms with van der Waals surface area (Å²) in [5.41, 5.74) is 0.688. The maximum Gasteiger partial charge on any atom is 0.309 e. The summed E-state index contributed by atoms with van der Waals surface area (Å²) in [5, 5.41) is 3.47. The van der Waals surface area contributed by atoms with Crippen LogP contribution in [-0.2, 0) is 26.0 Å². The van der Waals surface area contributed by atoms with E-state index < -0.39 is 39.3 Å². The molecule has 2 N–H and O–H groups in total. The average Bonchev–Trinajstić information content (AvgIpc) is 3.49. The third-order valence-electron chi connectivity index (χ3n) is 4.92. The third kappa shape index (κ3) is 4.98. The zero-order chi connectivity index (χ0) is 23.4. The van der Waals surface area contributed by atoms with Crippen molar-refractivity contribution >= 4 is 21.7 Å². The van der Waals surface area contributed by atoms with E-state index in [1.807, 2.05) is 0 Å². The van der Waals surface area contributed by atoms with Crippen molar-refractivity contribution in [3.8, 4) is 11.5 Å². The van der Waals surface area contributed by atoms with Crippen LogP contribution in [0.5, 0.6) is 11.5 Å². The van der Waals surface area contributed by atoms with Gasteiger partial charge in [0.2, 0.25) is 6.79 Å². The molecule has 3 aromatic rings. The number of benzene rings is 2. The van der Waals surface area contributed by atoms with Crippen LogP contribution in [-0.4, -0.2) is 33.6 Å². The predicted molar refractivity (Wildman–Crippen MR) is 112 cm³/mol. The lowest BCUT2D eigenvalue weighted by Crippen LogP contribution is -2.42. The number of hydrogen-bond acceptors (Lipinski definition) is 7. The highest BCUT2D eigenvalue weighted by molar-refractivity contribution is 7.91. The van der Waals surface area contributed by atoms with Crippen LogP contribution in [0.2, 0.25) is 0 Å². The van der Waals surface area contributed by atoms with Crippen LogP contribution in [0.25, 0.3) is 0 Å². The molecule has 1 atom stereocenters. The van der Waals surface area contributed by atoms with Gasteiger partial charge in [0.15, 0.2) is 21.3 Å². The largest absolute Gasteiger partial charge is 0.468 e. The molecule has 33 heavy (non-hydrogen) atoms. The molecule has 0 unspecified atom stereocenters. The lowest BCUT2D eigenvalue weighted by Gasteiger charge is -2.16. The standard InChI is InChI=1S/C22H19FN2O7S/c23-15-4-6-16(7-5-15)33(28,29)20(18-2-1-9-30-18)12-25-22(27)21(26)24-11-14-3-8-17-19(10-14)32-13-31-17/h1-10,20H,11-13H2,(H,24,26)(H,25,27)/t20-/m0/s1. The topological polar surface area (TPSA) is 124 Å². The van der Waals surface area contributed by atoms with E-state index >= 15 is 0 Å². The van der Waals surface area contributed by atoms with Crippen LogP contribution in [0.1, 0.15) is 16.6 Å². The van der Waals surface area contributed by atoms with Crippen molar-refractivity contribution in [1.29, 1.82) is 0 Å². The van der Waals surface area contributed by atoms with E-state index in [0.717, 1.165) is 24.3 Å². The first kappa shape index (κ1) is 22.3. The molecule has 0 radical (unpaired) electrons. The van der Waals surface area contributed by atoms with Gasteiger partial charge in [0.05, 0.1) is 11.2 Å². The molecule has 2 aromatic carbocycles. The first-order valence-electron chi connectivity index (χ1n) is 9.82. The van der Waals surface area contributed by atoms with E-state index in [1.54, 1.807) is 18.2 Å². The number of carbonyl (C=O) groups is 2. The summed E-state index contributed by atoms with van der Waals surface area (Å²) in [5.74, 6) is -1.34. The number of ether oxygens (including phenoxy) is 2. The monoisotopic (exact) mass is 474 g/mol. The highest BCUT2D eigenvalue weighted by Gasteiger charge is 2.32. The number of hydrogen-bond donors (Lipinski definition) is 2. The van der Waals surface area contributed by atoms with Gasteiger partial charge in [0, 0.05) is 13.1 Å². The second-order valence-corrected chi connectivity index (χ2v) is 9.21. The molecule has 0 spiro atoms. The Balaban J connectivity index is 1.40. The molecule has 11 heteroatoms. The van der Waals surface area contributed by atoms with Gasteiger partial charge in [-0.3, -0.25) is 9.59 Å². The minimum Gasteiger partial charge on any atom is -0.468 e. The number of fused-ring (bicyclic) bond motifs is 1. The van der Waals surface area contributed by atoms with E-state index in [9.17, 15) is 22.4 Å². The first-order valence-corrected chi connectivity index (χ1v) is 11.4. The molecule has 2 amide bonds. The number of sulfone groups is 1. The van der Waals surface area contributed by atoms with Crippen molar-refractivity contribution in [3.63, 3.8) is 0 Å². The molecule has 9 nitrogen and oxygen atoms in total. The molecule has 172 valence electrons. The third-order valence-corrected chi connectivity index (χ3v) is 7.00. The predicted octanol–water partition coefficient (Wildman–Crippen LogP) is 2.09. The molecule has 0 saturated heterocycles. The summed E-state index contributed by atoms with van der Waals surface area (Å²) in [4.78, 5) is 24.4. The Morgan fingerprint density at radius 1 is 0.970 bits per heavy atom. The van der Waals surface area contributed by atoms with Gasteiger partial charge in [-0.05, 0) is 54.1 Å². The average molecular weight is 474 g/mol. The molecular weight excluding hydrogens is 455 g/mol. The van der Waals surface area contributed by atoms with Gasteiger partial charge < -0.3 is 24.5 Å². The first-order chi connectivity index (χ1) is 15.8. The number of carbonyl (C=O) groups excluding carboxylic acids is 2. The molecule has 1 aliphatic rings. The minimum atomic E-state index is -4.06. The number of halogens is 1. The van der Waals surface area contributed by atoms with Gasteiger partial charge in [-0.2, -0.15) is 0 Å². The second-order valence-electron chi connectivity index (χ2n) is 7.08. The normalized spacial score (nSPS) is 13.4. The molecule has 1 aromatic heterocycles. The minimum absolute atomic E-state index is 0.0540. The lowest BCUT2D eigenvalue weighted by molar-refractivity contribution is -0.139. The number of nitrogens with one attached hydrogen (secondary N) is 2. The van der Waals surface area contributed by atoms with E-state index in [-0.39, 0.29) is 24.0 Å². The molecule has 0 saturated carbocycles. The van der Waals surface area contributed by atoms with Crippen LogP contribution in [0, 0.1) is 5.82 Å². The Bertz CT molecular complexity index is 1260. The van der Waals surface area contributed by atoms with Gasteiger partial charge in [0.1, 0.15) is 16.8 Å². The zero-order valence-electron chi connectivity index (χ0n) is 17.1. The van der Waals surface area contributed by atoms with Gasteiger partial charge >= 0.3 is 11.8 Å². The van der Waals surface area contributed by atoms with Crippen LogP contribution < -0.4 is 20.1 Å². The van der Waals surface area contributed by atoms with Crippen LogP contribution in [0.4, 0.5) is 4.39 Å². The van der Waals surface area contributed by atoms with Gasteiger partial charge in [0.25, 0.3) is 0 Å². The maximum absolute atomic E-state index is 13.2. The molecule has 1 aliphatic heterocycles.